The third-order valence-corrected chi connectivity index (χ3v) is 4.86. The summed E-state index contributed by atoms with van der Waals surface area (Å²) in [4.78, 5) is 0. The predicted molar refractivity (Wildman–Crippen MR) is 102 cm³/mol. The van der Waals surface area contributed by atoms with E-state index >= 15 is 0 Å². The molecule has 0 amide bonds. The summed E-state index contributed by atoms with van der Waals surface area (Å²) in [5.74, 6) is 2.45. The number of thioether (sulfide) groups is 1. The van der Waals surface area contributed by atoms with Gasteiger partial charge in [-0.1, -0.05) is 30.3 Å². The van der Waals surface area contributed by atoms with Crippen molar-refractivity contribution in [3.05, 3.63) is 53.7 Å². The zero-order chi connectivity index (χ0) is 18.2. The van der Waals surface area contributed by atoms with Crippen molar-refractivity contribution in [2.24, 2.45) is 0 Å². The van der Waals surface area contributed by atoms with Crippen molar-refractivity contribution in [3.63, 3.8) is 0 Å². The first-order valence-electron chi connectivity index (χ1n) is 8.80. The minimum atomic E-state index is 0.619. The van der Waals surface area contributed by atoms with E-state index in [1.54, 1.807) is 18.9 Å². The van der Waals surface area contributed by atoms with Crippen molar-refractivity contribution in [2.45, 2.75) is 44.4 Å². The lowest BCUT2D eigenvalue weighted by Gasteiger charge is -2.02. The van der Waals surface area contributed by atoms with Crippen LogP contribution in [0.25, 0.3) is 0 Å². The van der Waals surface area contributed by atoms with Gasteiger partial charge in [0, 0.05) is 18.5 Å². The van der Waals surface area contributed by atoms with E-state index in [4.69, 9.17) is 9.15 Å². The molecule has 0 fully saturated rings. The largest absolute Gasteiger partial charge is 0.497 e. The molecule has 0 bridgehead atoms. The Morgan fingerprint density at radius 2 is 2.12 bits per heavy atom. The molecule has 26 heavy (non-hydrogen) atoms. The highest BCUT2D eigenvalue weighted by atomic mass is 32.2. The topological polar surface area (TPSA) is 66.0 Å². The molecule has 2 aromatic heterocycles. The van der Waals surface area contributed by atoms with Gasteiger partial charge in [0.15, 0.2) is 0 Å². The van der Waals surface area contributed by atoms with Crippen LogP contribution in [0.15, 0.2) is 46.3 Å². The van der Waals surface area contributed by atoms with Gasteiger partial charge in [0.25, 0.3) is 5.22 Å². The van der Waals surface area contributed by atoms with Gasteiger partial charge >= 0.3 is 0 Å². The number of methoxy groups -OCH3 is 1. The molecule has 0 aliphatic rings. The molecular formula is C19H24N4O2S. The molecule has 6 nitrogen and oxygen atoms in total. The van der Waals surface area contributed by atoms with Crippen LogP contribution in [0.2, 0.25) is 0 Å². The quantitative estimate of drug-likeness (QED) is 0.394. The lowest BCUT2D eigenvalue weighted by atomic mass is 10.1. The molecule has 7 heteroatoms. The van der Waals surface area contributed by atoms with E-state index in [0.717, 1.165) is 42.9 Å². The number of hydrogen-bond donors (Lipinski definition) is 0. The fourth-order valence-corrected chi connectivity index (χ4v) is 3.40. The van der Waals surface area contributed by atoms with E-state index in [-0.39, 0.29) is 0 Å². The van der Waals surface area contributed by atoms with E-state index in [1.807, 2.05) is 35.1 Å². The van der Waals surface area contributed by atoms with Crippen LogP contribution in [0.1, 0.15) is 36.3 Å². The van der Waals surface area contributed by atoms with Crippen molar-refractivity contribution in [1.82, 2.24) is 20.0 Å². The number of benzene rings is 1. The molecule has 138 valence electrons. The first kappa shape index (κ1) is 18.5. The Balaban J connectivity index is 1.35. The zero-order valence-electron chi connectivity index (χ0n) is 15.2. The van der Waals surface area contributed by atoms with Crippen molar-refractivity contribution in [2.75, 3.05) is 12.9 Å². The zero-order valence-corrected chi connectivity index (χ0v) is 16.0. The first-order valence-corrected chi connectivity index (χ1v) is 9.78. The Morgan fingerprint density at radius 1 is 1.19 bits per heavy atom. The highest BCUT2D eigenvalue weighted by molar-refractivity contribution is 7.99. The molecule has 0 spiro atoms. The molecule has 2 heterocycles. The Hall–Kier alpha value is -2.28. The molecule has 0 unspecified atom stereocenters. The molecular weight excluding hydrogens is 348 g/mol. The van der Waals surface area contributed by atoms with Gasteiger partial charge in [0.05, 0.1) is 19.7 Å². The van der Waals surface area contributed by atoms with Gasteiger partial charge < -0.3 is 9.15 Å². The molecule has 1 aromatic carbocycles. The average Bonchev–Trinajstić information content (AvgIpc) is 3.27. The second kappa shape index (κ2) is 9.43. The number of aromatic nitrogens is 4. The third kappa shape index (κ3) is 5.62. The summed E-state index contributed by atoms with van der Waals surface area (Å²) in [5.41, 5.74) is 2.31. The summed E-state index contributed by atoms with van der Waals surface area (Å²) in [6.07, 6.45) is 8.02. The number of ether oxygens (including phenoxy) is 1. The van der Waals surface area contributed by atoms with Crippen LogP contribution < -0.4 is 4.74 Å². The molecule has 0 radical (unpaired) electrons. The molecule has 0 saturated carbocycles. The molecule has 0 aliphatic heterocycles. The number of unbranched alkanes of at least 4 members (excludes halogenated alkanes) is 2. The fourth-order valence-electron chi connectivity index (χ4n) is 2.63. The monoisotopic (exact) mass is 372 g/mol. The molecule has 0 atom stereocenters. The maximum atomic E-state index is 5.73. The van der Waals surface area contributed by atoms with E-state index in [0.29, 0.717) is 17.5 Å². The Labute approximate surface area is 158 Å². The van der Waals surface area contributed by atoms with Crippen LogP contribution in [0.4, 0.5) is 0 Å². The van der Waals surface area contributed by atoms with Gasteiger partial charge in [-0.2, -0.15) is 5.10 Å². The summed E-state index contributed by atoms with van der Waals surface area (Å²) in [5, 5.41) is 13.2. The smallest absolute Gasteiger partial charge is 0.276 e. The summed E-state index contributed by atoms with van der Waals surface area (Å²) in [6.45, 7) is 3.04. The predicted octanol–water partition coefficient (Wildman–Crippen LogP) is 4.14. The van der Waals surface area contributed by atoms with Crippen LogP contribution >= 0.6 is 11.8 Å². The molecule has 3 aromatic rings. The Bertz CT molecular complexity index is 815. The maximum absolute atomic E-state index is 5.73. The van der Waals surface area contributed by atoms with E-state index in [9.17, 15) is 0 Å². The highest BCUT2D eigenvalue weighted by Gasteiger charge is 2.08. The number of aryl methyl sites for hydroxylation is 2. The molecule has 0 saturated heterocycles. The summed E-state index contributed by atoms with van der Waals surface area (Å²) < 4.78 is 13.0. The van der Waals surface area contributed by atoms with Crippen LogP contribution in [0.5, 0.6) is 5.75 Å². The van der Waals surface area contributed by atoms with Crippen LogP contribution in [-0.4, -0.2) is 32.8 Å². The van der Waals surface area contributed by atoms with Crippen molar-refractivity contribution in [1.29, 1.82) is 0 Å². The van der Waals surface area contributed by atoms with Gasteiger partial charge in [-0.3, -0.25) is 4.68 Å². The second-order valence-electron chi connectivity index (χ2n) is 6.18. The normalized spacial score (nSPS) is 11.0. The van der Waals surface area contributed by atoms with Gasteiger partial charge in [-0.25, -0.2) is 0 Å². The summed E-state index contributed by atoms with van der Waals surface area (Å²) >= 11 is 1.62. The van der Waals surface area contributed by atoms with E-state index in [1.165, 1.54) is 5.56 Å². The van der Waals surface area contributed by atoms with E-state index in [2.05, 4.69) is 28.4 Å². The SMILES string of the molecule is COc1cccc(Cc2nnc(SCCCCCn3cc(C)cn3)o2)c1. The lowest BCUT2D eigenvalue weighted by molar-refractivity contribution is 0.412. The van der Waals surface area contributed by atoms with Crippen molar-refractivity contribution >= 4 is 11.8 Å². The van der Waals surface area contributed by atoms with Gasteiger partial charge in [0.2, 0.25) is 5.89 Å². The fraction of sp³-hybridized carbons (Fsp3) is 0.421. The van der Waals surface area contributed by atoms with Crippen LogP contribution in [0.3, 0.4) is 0 Å². The molecule has 3 rings (SSSR count). The Kier molecular flexibility index (Phi) is 6.71. The number of nitrogens with zero attached hydrogens (tertiary/aromatic N) is 4. The summed E-state index contributed by atoms with van der Waals surface area (Å²) in [7, 11) is 1.66. The molecule has 0 aliphatic carbocycles. The first-order chi connectivity index (χ1) is 12.7. The Morgan fingerprint density at radius 3 is 2.92 bits per heavy atom. The van der Waals surface area contributed by atoms with Gasteiger partial charge in [-0.15, -0.1) is 10.2 Å². The van der Waals surface area contributed by atoms with E-state index < -0.39 is 0 Å². The van der Waals surface area contributed by atoms with Crippen LogP contribution in [-0.2, 0) is 13.0 Å². The lowest BCUT2D eigenvalue weighted by Crippen LogP contribution is -1.98. The van der Waals surface area contributed by atoms with Crippen LogP contribution in [0, 0.1) is 6.92 Å². The standard InChI is InChI=1S/C19H24N4O2S/c1-15-13-20-23(14-15)9-4-3-5-10-26-19-22-21-18(25-19)12-16-7-6-8-17(11-16)24-2/h6-8,11,13-14H,3-5,9-10,12H2,1-2H3. The summed E-state index contributed by atoms with van der Waals surface area (Å²) in [6, 6.07) is 7.90. The van der Waals surface area contributed by atoms with Crippen molar-refractivity contribution in [3.8, 4) is 5.75 Å². The minimum Gasteiger partial charge on any atom is -0.497 e. The number of hydrogen-bond acceptors (Lipinski definition) is 6. The minimum absolute atomic E-state index is 0.619. The second-order valence-corrected chi connectivity index (χ2v) is 7.23. The van der Waals surface area contributed by atoms with Crippen molar-refractivity contribution < 1.29 is 9.15 Å². The average molecular weight is 372 g/mol. The highest BCUT2D eigenvalue weighted by Crippen LogP contribution is 2.20. The van der Waals surface area contributed by atoms with Gasteiger partial charge in [0.1, 0.15) is 5.75 Å². The van der Waals surface area contributed by atoms with Gasteiger partial charge in [-0.05, 0) is 43.0 Å². The molecule has 0 N–H and O–H groups in total. The third-order valence-electron chi connectivity index (χ3n) is 3.96. The maximum Gasteiger partial charge on any atom is 0.276 e. The number of rotatable bonds is 10.